The maximum absolute atomic E-state index is 10.1. The third-order valence-corrected chi connectivity index (χ3v) is 6.17. The predicted octanol–water partition coefficient (Wildman–Crippen LogP) is 4.39. The van der Waals surface area contributed by atoms with Gasteiger partial charge in [-0.25, -0.2) is 0 Å². The molecule has 2 fully saturated rings. The molecule has 2 heterocycles. The molecule has 8 heteroatoms. The Kier molecular flexibility index (Phi) is 4.41. The Hall–Kier alpha value is -2.30. The number of nitrogens with zero attached hydrogens (tertiary/aromatic N) is 3. The molecule has 4 unspecified atom stereocenters. The van der Waals surface area contributed by atoms with Crippen molar-refractivity contribution in [2.24, 2.45) is 22.7 Å². The minimum atomic E-state index is -1.90. The molecule has 2 saturated heterocycles. The summed E-state index contributed by atoms with van der Waals surface area (Å²) in [4.78, 5) is 0. The normalized spacial score (nSPS) is 33.7. The molecule has 2 aliphatic rings. The van der Waals surface area contributed by atoms with Crippen LogP contribution >= 0.6 is 23.2 Å². The van der Waals surface area contributed by atoms with E-state index in [9.17, 15) is 15.8 Å². The van der Waals surface area contributed by atoms with Crippen LogP contribution in [0.4, 0.5) is 0 Å². The first-order valence-electron chi connectivity index (χ1n) is 8.32. The molecule has 2 bridgehead atoms. The minimum Gasteiger partial charge on any atom is -0.443 e. The van der Waals surface area contributed by atoms with Crippen LogP contribution in [0.1, 0.15) is 26.3 Å². The molecule has 0 spiro atoms. The summed E-state index contributed by atoms with van der Waals surface area (Å²) in [7, 11) is 0. The Morgan fingerprint density at radius 2 is 1.78 bits per heavy atom. The van der Waals surface area contributed by atoms with Gasteiger partial charge in [-0.15, -0.1) is 0 Å². The summed E-state index contributed by atoms with van der Waals surface area (Å²) in [5.41, 5.74) is -3.30. The van der Waals surface area contributed by atoms with Gasteiger partial charge in [0, 0.05) is 10.6 Å². The smallest absolute Gasteiger partial charge is 0.245 e. The molecular formula is C19H16Cl2N4O2. The van der Waals surface area contributed by atoms with Crippen molar-refractivity contribution in [1.82, 2.24) is 0 Å². The zero-order chi connectivity index (χ0) is 20.2. The van der Waals surface area contributed by atoms with E-state index in [1.54, 1.807) is 32.9 Å². The lowest BCUT2D eigenvalue weighted by Gasteiger charge is -2.50. The summed E-state index contributed by atoms with van der Waals surface area (Å²) in [6.07, 6.45) is -0.974. The molecule has 0 radical (unpaired) electrons. The Morgan fingerprint density at radius 3 is 2.26 bits per heavy atom. The average Bonchev–Trinajstić information content (AvgIpc) is 2.78. The lowest BCUT2D eigenvalue weighted by atomic mass is 9.53. The SMILES string of the molecule is CC(C)C1OC2(c3ccc(Cl)cc3Cl)OC(=N)C(C#N)(C2C)C1(C#N)C#N. The van der Waals surface area contributed by atoms with Gasteiger partial charge in [-0.1, -0.05) is 44.0 Å². The molecular weight excluding hydrogens is 387 g/mol. The van der Waals surface area contributed by atoms with Gasteiger partial charge in [-0.05, 0) is 24.1 Å². The van der Waals surface area contributed by atoms with E-state index in [-0.39, 0.29) is 10.9 Å². The Morgan fingerprint density at radius 1 is 1.15 bits per heavy atom. The van der Waals surface area contributed by atoms with Crippen LogP contribution in [0.3, 0.4) is 0 Å². The summed E-state index contributed by atoms with van der Waals surface area (Å²) in [5.74, 6) is -3.17. The fourth-order valence-corrected chi connectivity index (χ4v) is 4.81. The van der Waals surface area contributed by atoms with E-state index in [4.69, 9.17) is 38.1 Å². The number of nitrogens with one attached hydrogen (secondary N) is 1. The quantitative estimate of drug-likeness (QED) is 0.787. The molecule has 0 aromatic heterocycles. The van der Waals surface area contributed by atoms with Crippen molar-refractivity contribution < 1.29 is 9.47 Å². The molecule has 1 N–H and O–H groups in total. The highest BCUT2D eigenvalue weighted by molar-refractivity contribution is 6.35. The van der Waals surface area contributed by atoms with Gasteiger partial charge >= 0.3 is 0 Å². The molecule has 0 aliphatic carbocycles. The summed E-state index contributed by atoms with van der Waals surface area (Å²) in [6.45, 7) is 5.21. The van der Waals surface area contributed by atoms with E-state index in [1.165, 1.54) is 6.07 Å². The monoisotopic (exact) mass is 402 g/mol. The fraction of sp³-hybridized carbons (Fsp3) is 0.474. The van der Waals surface area contributed by atoms with Crippen LogP contribution in [0, 0.1) is 62.1 Å². The van der Waals surface area contributed by atoms with Crippen LogP contribution in [0.5, 0.6) is 0 Å². The lowest BCUT2D eigenvalue weighted by Crippen LogP contribution is -2.62. The van der Waals surface area contributed by atoms with E-state index < -0.39 is 34.5 Å². The molecule has 27 heavy (non-hydrogen) atoms. The Balaban J connectivity index is 2.37. The third-order valence-electron chi connectivity index (χ3n) is 5.62. The van der Waals surface area contributed by atoms with Gasteiger partial charge in [0.25, 0.3) is 0 Å². The number of benzene rings is 1. The van der Waals surface area contributed by atoms with Crippen molar-refractivity contribution in [2.75, 3.05) is 0 Å². The van der Waals surface area contributed by atoms with Crippen LogP contribution in [-0.2, 0) is 15.3 Å². The zero-order valence-corrected chi connectivity index (χ0v) is 16.4. The molecule has 0 amide bonds. The zero-order valence-electron chi connectivity index (χ0n) is 14.9. The number of nitriles is 3. The maximum atomic E-state index is 10.1. The number of rotatable bonds is 2. The van der Waals surface area contributed by atoms with Gasteiger partial charge in [-0.2, -0.15) is 15.8 Å². The highest BCUT2D eigenvalue weighted by atomic mass is 35.5. The van der Waals surface area contributed by atoms with Crippen molar-refractivity contribution in [3.63, 3.8) is 0 Å². The van der Waals surface area contributed by atoms with E-state index in [0.29, 0.717) is 10.6 Å². The molecule has 1 aromatic carbocycles. The van der Waals surface area contributed by atoms with Crippen molar-refractivity contribution in [2.45, 2.75) is 32.7 Å². The van der Waals surface area contributed by atoms with Gasteiger partial charge in [0.15, 0.2) is 10.8 Å². The topological polar surface area (TPSA) is 114 Å². The summed E-state index contributed by atoms with van der Waals surface area (Å²) < 4.78 is 12.1. The summed E-state index contributed by atoms with van der Waals surface area (Å²) >= 11 is 12.4. The molecule has 1 aromatic rings. The van der Waals surface area contributed by atoms with Crippen LogP contribution in [0.25, 0.3) is 0 Å². The van der Waals surface area contributed by atoms with Crippen LogP contribution < -0.4 is 0 Å². The maximum Gasteiger partial charge on any atom is 0.245 e. The average molecular weight is 403 g/mol. The van der Waals surface area contributed by atoms with Crippen molar-refractivity contribution >= 4 is 29.1 Å². The predicted molar refractivity (Wildman–Crippen MR) is 97.5 cm³/mol. The van der Waals surface area contributed by atoms with E-state index in [1.807, 2.05) is 12.1 Å². The number of hydrogen-bond acceptors (Lipinski definition) is 6. The number of fused-ring (bicyclic) bond motifs is 2. The second kappa shape index (κ2) is 6.11. The second-order valence-corrected chi connectivity index (χ2v) is 8.02. The number of halogens is 2. The molecule has 6 nitrogen and oxygen atoms in total. The van der Waals surface area contributed by atoms with E-state index in [2.05, 4.69) is 6.07 Å². The second-order valence-electron chi connectivity index (χ2n) is 7.18. The molecule has 3 rings (SSSR count). The standard InChI is InChI=1S/C19H16Cl2N4O2/c1-10(2)15-17(7-22,8-23)18(9-24)11(3)19(26-15,27-16(18)25)13-5-4-12(20)6-14(13)21/h4-6,10-11,15,25H,1-3H3. The van der Waals surface area contributed by atoms with E-state index in [0.717, 1.165) is 0 Å². The first kappa shape index (κ1) is 19.5. The molecule has 4 atom stereocenters. The number of ether oxygens (including phenoxy) is 2. The van der Waals surface area contributed by atoms with Crippen molar-refractivity contribution in [3.8, 4) is 18.2 Å². The largest absolute Gasteiger partial charge is 0.443 e. The van der Waals surface area contributed by atoms with Crippen molar-refractivity contribution in [3.05, 3.63) is 33.8 Å². The van der Waals surface area contributed by atoms with Crippen molar-refractivity contribution in [1.29, 1.82) is 21.2 Å². The summed E-state index contributed by atoms with van der Waals surface area (Å²) in [6, 6.07) is 10.8. The van der Waals surface area contributed by atoms with Crippen LogP contribution in [0.2, 0.25) is 10.0 Å². The van der Waals surface area contributed by atoms with E-state index >= 15 is 0 Å². The Bertz CT molecular complexity index is 944. The van der Waals surface area contributed by atoms with Gasteiger partial charge in [0.1, 0.15) is 0 Å². The lowest BCUT2D eigenvalue weighted by molar-refractivity contribution is -0.293. The van der Waals surface area contributed by atoms with Crippen LogP contribution in [-0.4, -0.2) is 12.0 Å². The third kappa shape index (κ3) is 2.11. The minimum absolute atomic E-state index is 0.250. The van der Waals surface area contributed by atoms with Crippen LogP contribution in [0.15, 0.2) is 18.2 Å². The first-order chi connectivity index (χ1) is 12.7. The van der Waals surface area contributed by atoms with Gasteiger partial charge in [0.05, 0.1) is 35.3 Å². The first-order valence-corrected chi connectivity index (χ1v) is 9.07. The summed E-state index contributed by atoms with van der Waals surface area (Å²) in [5, 5.41) is 39.1. The molecule has 0 saturated carbocycles. The number of hydrogen-bond donors (Lipinski definition) is 1. The fourth-order valence-electron chi connectivity index (χ4n) is 4.27. The Labute approximate surface area is 167 Å². The molecule has 138 valence electrons. The van der Waals surface area contributed by atoms with Gasteiger partial charge < -0.3 is 9.47 Å². The van der Waals surface area contributed by atoms with Gasteiger partial charge in [-0.3, -0.25) is 5.41 Å². The highest BCUT2D eigenvalue weighted by Crippen LogP contribution is 2.66. The molecule has 2 aliphatic heterocycles. The van der Waals surface area contributed by atoms with Gasteiger partial charge in [0.2, 0.25) is 11.7 Å². The highest BCUT2D eigenvalue weighted by Gasteiger charge is 2.80.